The highest BCUT2D eigenvalue weighted by atomic mass is 35.5. The molecule has 1 aromatic rings. The van der Waals surface area contributed by atoms with Crippen LogP contribution in [0.5, 0.6) is 0 Å². The van der Waals surface area contributed by atoms with E-state index < -0.39 is 0 Å². The highest BCUT2D eigenvalue weighted by molar-refractivity contribution is 8.00. The van der Waals surface area contributed by atoms with Gasteiger partial charge in [0.15, 0.2) is 0 Å². The third-order valence-electron chi connectivity index (χ3n) is 5.12. The topological polar surface area (TPSA) is 40.6 Å². The van der Waals surface area contributed by atoms with E-state index in [0.29, 0.717) is 23.1 Å². The lowest BCUT2D eigenvalue weighted by Gasteiger charge is -2.34. The number of carbonyl (C=O) groups is 2. The Morgan fingerprint density at radius 2 is 1.73 bits per heavy atom. The van der Waals surface area contributed by atoms with Crippen LogP contribution < -0.4 is 0 Å². The standard InChI is InChI=1S/C19H24Cl2N2O2S/c1-13(26-17-12-15(20)4-5-16(17)21)18(24)23-10-6-14(7-11-23)19(25)22-8-2-3-9-22/h4-5,12-14H,2-3,6-11H2,1H3. The van der Waals surface area contributed by atoms with Crippen molar-refractivity contribution in [3.05, 3.63) is 28.2 Å². The molecule has 0 radical (unpaired) electrons. The fourth-order valence-corrected chi connectivity index (χ4v) is 5.10. The van der Waals surface area contributed by atoms with Crippen molar-refractivity contribution < 1.29 is 9.59 Å². The van der Waals surface area contributed by atoms with Crippen molar-refractivity contribution in [3.8, 4) is 0 Å². The predicted octanol–water partition coefficient (Wildman–Crippen LogP) is 4.34. The van der Waals surface area contributed by atoms with E-state index in [1.807, 2.05) is 16.7 Å². The lowest BCUT2D eigenvalue weighted by Crippen LogP contribution is -2.45. The molecule has 1 aromatic carbocycles. The van der Waals surface area contributed by atoms with Gasteiger partial charge in [-0.2, -0.15) is 0 Å². The summed E-state index contributed by atoms with van der Waals surface area (Å²) in [6.07, 6.45) is 3.75. The van der Waals surface area contributed by atoms with Gasteiger partial charge in [-0.15, -0.1) is 11.8 Å². The molecule has 2 saturated heterocycles. The summed E-state index contributed by atoms with van der Waals surface area (Å²) in [7, 11) is 0. The fourth-order valence-electron chi connectivity index (χ4n) is 3.61. The molecule has 142 valence electrons. The first-order valence-corrected chi connectivity index (χ1v) is 10.8. The zero-order valence-electron chi connectivity index (χ0n) is 14.9. The van der Waals surface area contributed by atoms with Crippen molar-refractivity contribution in [2.75, 3.05) is 26.2 Å². The average molecular weight is 415 g/mol. The van der Waals surface area contributed by atoms with E-state index in [1.54, 1.807) is 18.2 Å². The number of nitrogens with zero attached hydrogens (tertiary/aromatic N) is 2. The number of likely N-dealkylation sites (tertiary alicyclic amines) is 2. The Kier molecular flexibility index (Phi) is 6.76. The second kappa shape index (κ2) is 8.85. The van der Waals surface area contributed by atoms with Crippen LogP contribution in [-0.4, -0.2) is 53.0 Å². The molecule has 2 amide bonds. The highest BCUT2D eigenvalue weighted by Crippen LogP contribution is 2.34. The van der Waals surface area contributed by atoms with Crippen molar-refractivity contribution in [2.45, 2.75) is 42.8 Å². The molecular formula is C19H24Cl2N2O2S. The number of carbonyl (C=O) groups excluding carboxylic acids is 2. The number of benzene rings is 1. The highest BCUT2D eigenvalue weighted by Gasteiger charge is 2.32. The molecule has 3 rings (SSSR count). The van der Waals surface area contributed by atoms with Gasteiger partial charge in [-0.3, -0.25) is 9.59 Å². The minimum atomic E-state index is -0.239. The normalized spacial score (nSPS) is 19.7. The Labute approximate surface area is 169 Å². The number of halogens is 2. The van der Waals surface area contributed by atoms with Gasteiger partial charge in [0.2, 0.25) is 11.8 Å². The van der Waals surface area contributed by atoms with Crippen molar-refractivity contribution >= 4 is 46.8 Å². The van der Waals surface area contributed by atoms with Gasteiger partial charge >= 0.3 is 0 Å². The molecule has 1 atom stereocenters. The summed E-state index contributed by atoms with van der Waals surface area (Å²) in [6, 6.07) is 5.28. The molecule has 2 aliphatic rings. The molecule has 2 heterocycles. The van der Waals surface area contributed by atoms with E-state index in [2.05, 4.69) is 0 Å². The van der Waals surface area contributed by atoms with Gasteiger partial charge in [-0.05, 0) is 50.8 Å². The predicted molar refractivity (Wildman–Crippen MR) is 107 cm³/mol. The molecule has 26 heavy (non-hydrogen) atoms. The maximum atomic E-state index is 12.8. The summed E-state index contributed by atoms with van der Waals surface area (Å²) in [5, 5.41) is 0.976. The van der Waals surface area contributed by atoms with Crippen molar-refractivity contribution in [1.29, 1.82) is 0 Å². The molecule has 0 aromatic heterocycles. The minimum Gasteiger partial charge on any atom is -0.342 e. The van der Waals surface area contributed by atoms with Crippen molar-refractivity contribution in [2.24, 2.45) is 5.92 Å². The van der Waals surface area contributed by atoms with Crippen LogP contribution in [0.25, 0.3) is 0 Å². The maximum Gasteiger partial charge on any atom is 0.235 e. The summed E-state index contributed by atoms with van der Waals surface area (Å²) < 4.78 is 0. The van der Waals surface area contributed by atoms with Crippen LogP contribution in [0.4, 0.5) is 0 Å². The molecule has 4 nitrogen and oxygen atoms in total. The number of piperidine rings is 1. The van der Waals surface area contributed by atoms with Gasteiger partial charge < -0.3 is 9.80 Å². The maximum absolute atomic E-state index is 12.8. The van der Waals surface area contributed by atoms with Gasteiger partial charge in [0.1, 0.15) is 0 Å². The molecule has 0 aliphatic carbocycles. The summed E-state index contributed by atoms with van der Waals surface area (Å²) in [6.45, 7) is 4.98. The quantitative estimate of drug-likeness (QED) is 0.688. The Morgan fingerprint density at radius 1 is 1.08 bits per heavy atom. The van der Waals surface area contributed by atoms with E-state index >= 15 is 0 Å². The van der Waals surface area contributed by atoms with E-state index in [1.165, 1.54) is 11.8 Å². The first-order valence-electron chi connectivity index (χ1n) is 9.15. The van der Waals surface area contributed by atoms with Gasteiger partial charge in [-0.1, -0.05) is 23.2 Å². The number of hydrogen-bond acceptors (Lipinski definition) is 3. The van der Waals surface area contributed by atoms with Gasteiger partial charge in [0, 0.05) is 42.0 Å². The number of thioether (sulfide) groups is 1. The Morgan fingerprint density at radius 3 is 2.38 bits per heavy atom. The Bertz CT molecular complexity index is 672. The van der Waals surface area contributed by atoms with Crippen LogP contribution >= 0.6 is 35.0 Å². The molecular weight excluding hydrogens is 391 g/mol. The molecule has 0 bridgehead atoms. The summed E-state index contributed by atoms with van der Waals surface area (Å²) in [5.41, 5.74) is 0. The van der Waals surface area contributed by atoms with E-state index in [0.717, 1.165) is 43.7 Å². The number of rotatable bonds is 4. The monoisotopic (exact) mass is 414 g/mol. The smallest absolute Gasteiger partial charge is 0.235 e. The molecule has 7 heteroatoms. The molecule has 1 unspecified atom stereocenters. The first kappa shape index (κ1) is 19.8. The largest absolute Gasteiger partial charge is 0.342 e. The third kappa shape index (κ3) is 4.68. The molecule has 2 fully saturated rings. The van der Waals surface area contributed by atoms with Crippen LogP contribution in [0.1, 0.15) is 32.6 Å². The van der Waals surface area contributed by atoms with E-state index in [-0.39, 0.29) is 23.0 Å². The van der Waals surface area contributed by atoms with Crippen molar-refractivity contribution in [1.82, 2.24) is 9.80 Å². The summed E-state index contributed by atoms with van der Waals surface area (Å²) in [5.74, 6) is 0.448. The first-order chi connectivity index (χ1) is 12.5. The van der Waals surface area contributed by atoms with Crippen LogP contribution in [0, 0.1) is 5.92 Å². The molecule has 0 saturated carbocycles. The van der Waals surface area contributed by atoms with Gasteiger partial charge in [-0.25, -0.2) is 0 Å². The fraction of sp³-hybridized carbons (Fsp3) is 0.579. The van der Waals surface area contributed by atoms with Gasteiger partial charge in [0.25, 0.3) is 0 Å². The second-order valence-corrected chi connectivity index (χ2v) is 9.19. The minimum absolute atomic E-state index is 0.0717. The number of hydrogen-bond donors (Lipinski definition) is 0. The van der Waals surface area contributed by atoms with Crippen LogP contribution in [0.15, 0.2) is 23.1 Å². The SMILES string of the molecule is CC(Sc1cc(Cl)ccc1Cl)C(=O)N1CCC(C(=O)N2CCCC2)CC1. The lowest BCUT2D eigenvalue weighted by molar-refractivity contribution is -0.139. The zero-order chi connectivity index (χ0) is 18.7. The van der Waals surface area contributed by atoms with Crippen molar-refractivity contribution in [3.63, 3.8) is 0 Å². The molecule has 0 spiro atoms. The Balaban J connectivity index is 1.52. The van der Waals surface area contributed by atoms with E-state index in [9.17, 15) is 9.59 Å². The molecule has 2 aliphatic heterocycles. The van der Waals surface area contributed by atoms with Gasteiger partial charge in [0.05, 0.1) is 10.3 Å². The lowest BCUT2D eigenvalue weighted by atomic mass is 9.95. The Hall–Kier alpha value is -0.910. The average Bonchev–Trinajstić information content (AvgIpc) is 3.18. The second-order valence-electron chi connectivity index (χ2n) is 6.97. The summed E-state index contributed by atoms with van der Waals surface area (Å²) >= 11 is 13.7. The van der Waals surface area contributed by atoms with Crippen LogP contribution in [0.3, 0.4) is 0 Å². The molecule has 0 N–H and O–H groups in total. The van der Waals surface area contributed by atoms with Crippen LogP contribution in [-0.2, 0) is 9.59 Å². The zero-order valence-corrected chi connectivity index (χ0v) is 17.2. The number of amides is 2. The van der Waals surface area contributed by atoms with E-state index in [4.69, 9.17) is 23.2 Å². The summed E-state index contributed by atoms with van der Waals surface area (Å²) in [4.78, 5) is 30.0. The van der Waals surface area contributed by atoms with Crippen LogP contribution in [0.2, 0.25) is 10.0 Å². The third-order valence-corrected chi connectivity index (χ3v) is 6.94.